The Morgan fingerprint density at radius 3 is 1.63 bits per heavy atom. The number of benzene rings is 9. The second kappa shape index (κ2) is 13.6. The lowest BCUT2D eigenvalue weighted by Gasteiger charge is -2.15. The van der Waals surface area contributed by atoms with Gasteiger partial charge >= 0.3 is 0 Å². The number of aromatic nitrogens is 3. The number of rotatable bonds is 6. The zero-order chi connectivity index (χ0) is 37.7. The molecule has 266 valence electrons. The highest BCUT2D eigenvalue weighted by Crippen LogP contribution is 2.41. The highest BCUT2D eigenvalue weighted by molar-refractivity contribution is 6.09. The minimum absolute atomic E-state index is 0.552. The van der Waals surface area contributed by atoms with E-state index in [0.29, 0.717) is 17.5 Å². The van der Waals surface area contributed by atoms with Gasteiger partial charge in [0, 0.05) is 21.9 Å². The Bertz CT molecular complexity index is 3280. The highest BCUT2D eigenvalue weighted by atomic mass is 16.3. The van der Waals surface area contributed by atoms with Gasteiger partial charge in [-0.15, -0.1) is 0 Å². The molecule has 0 atom stereocenters. The summed E-state index contributed by atoms with van der Waals surface area (Å²) >= 11 is 0. The summed E-state index contributed by atoms with van der Waals surface area (Å²) in [5, 5.41) is 6.44. The maximum Gasteiger partial charge on any atom is 0.167 e. The molecule has 11 rings (SSSR count). The molecule has 0 amide bonds. The van der Waals surface area contributed by atoms with Crippen LogP contribution in [-0.2, 0) is 0 Å². The molecule has 9 aromatic carbocycles. The monoisotopic (exact) mass is 727 g/mol. The average molecular weight is 728 g/mol. The van der Waals surface area contributed by atoms with Gasteiger partial charge in [0.2, 0.25) is 0 Å². The van der Waals surface area contributed by atoms with Gasteiger partial charge in [-0.1, -0.05) is 182 Å². The Labute approximate surface area is 329 Å². The summed E-state index contributed by atoms with van der Waals surface area (Å²) in [6, 6.07) is 69.9. The quantitative estimate of drug-likeness (QED) is 0.171. The molecule has 0 aliphatic rings. The maximum atomic E-state index is 6.56. The summed E-state index contributed by atoms with van der Waals surface area (Å²) < 4.78 is 6.56. The van der Waals surface area contributed by atoms with E-state index in [1.165, 1.54) is 11.1 Å². The van der Waals surface area contributed by atoms with Gasteiger partial charge in [0.05, 0.1) is 5.56 Å². The fourth-order valence-corrected chi connectivity index (χ4v) is 8.16. The van der Waals surface area contributed by atoms with E-state index in [1.54, 1.807) is 0 Å². The number of nitrogens with zero attached hydrogens (tertiary/aromatic N) is 3. The Morgan fingerprint density at radius 2 is 0.825 bits per heavy atom. The van der Waals surface area contributed by atoms with Crippen LogP contribution in [0.3, 0.4) is 0 Å². The molecule has 0 unspecified atom stereocenters. The minimum atomic E-state index is 0.552. The maximum absolute atomic E-state index is 6.56. The van der Waals surface area contributed by atoms with Gasteiger partial charge in [0.1, 0.15) is 11.2 Å². The van der Waals surface area contributed by atoms with Crippen LogP contribution in [0.4, 0.5) is 0 Å². The lowest BCUT2D eigenvalue weighted by atomic mass is 9.93. The molecule has 0 bridgehead atoms. The van der Waals surface area contributed by atoms with Crippen LogP contribution in [0.5, 0.6) is 0 Å². The van der Waals surface area contributed by atoms with Crippen molar-refractivity contribution in [1.29, 1.82) is 0 Å². The van der Waals surface area contributed by atoms with Crippen LogP contribution in [0, 0.1) is 0 Å². The first-order valence-corrected chi connectivity index (χ1v) is 19.2. The molecular weight excluding hydrogens is 695 g/mol. The molecule has 0 aliphatic heterocycles. The molecule has 4 heteroatoms. The Balaban J connectivity index is 1.16. The summed E-state index contributed by atoms with van der Waals surface area (Å²) in [5.41, 5.74) is 11.1. The standard InChI is InChI=1S/C53H33N3O/c1-3-13-34(14-4-1)35-25-27-36(28-26-35)40-30-29-39-18-11-22-45(47(39)33-40)51-54-52(46-23-12-21-44-43-20-9-10-24-48(43)57-50(44)46)56-53(55-51)49-41-19-8-7-17-38(41)31-32-42(49)37-15-5-2-6-16-37/h1-33H. The van der Waals surface area contributed by atoms with Crippen molar-refractivity contribution in [1.82, 2.24) is 15.0 Å². The zero-order valence-electron chi connectivity index (χ0n) is 30.8. The van der Waals surface area contributed by atoms with Crippen LogP contribution >= 0.6 is 0 Å². The van der Waals surface area contributed by atoms with E-state index < -0.39 is 0 Å². The van der Waals surface area contributed by atoms with Crippen molar-refractivity contribution in [2.45, 2.75) is 0 Å². The molecule has 11 aromatic rings. The summed E-state index contributed by atoms with van der Waals surface area (Å²) in [6.07, 6.45) is 0. The number of fused-ring (bicyclic) bond motifs is 5. The molecule has 4 nitrogen and oxygen atoms in total. The third-order valence-electron chi connectivity index (χ3n) is 11.0. The second-order valence-corrected chi connectivity index (χ2v) is 14.3. The molecule has 0 fully saturated rings. The first kappa shape index (κ1) is 32.7. The number of furan rings is 1. The van der Waals surface area contributed by atoms with Crippen molar-refractivity contribution in [2.75, 3.05) is 0 Å². The third-order valence-corrected chi connectivity index (χ3v) is 11.0. The van der Waals surface area contributed by atoms with Crippen LogP contribution in [0.25, 0.3) is 111 Å². The molecule has 0 spiro atoms. The van der Waals surface area contributed by atoms with E-state index in [2.05, 4.69) is 170 Å². The summed E-state index contributed by atoms with van der Waals surface area (Å²) in [7, 11) is 0. The zero-order valence-corrected chi connectivity index (χ0v) is 30.8. The minimum Gasteiger partial charge on any atom is -0.455 e. The second-order valence-electron chi connectivity index (χ2n) is 14.3. The van der Waals surface area contributed by atoms with Crippen LogP contribution in [-0.4, -0.2) is 15.0 Å². The lowest BCUT2D eigenvalue weighted by Crippen LogP contribution is -2.02. The molecule has 0 N–H and O–H groups in total. The number of para-hydroxylation sites is 2. The SMILES string of the molecule is c1ccc(-c2ccc(-c3ccc4cccc(-c5nc(-c6c(-c7ccccc7)ccc7ccccc67)nc(-c6cccc7c6oc6ccccc67)n5)c4c3)cc2)cc1. The van der Waals surface area contributed by atoms with Gasteiger partial charge in [0.15, 0.2) is 17.5 Å². The van der Waals surface area contributed by atoms with E-state index in [9.17, 15) is 0 Å². The summed E-state index contributed by atoms with van der Waals surface area (Å²) in [4.78, 5) is 16.1. The lowest BCUT2D eigenvalue weighted by molar-refractivity contribution is 0.669. The van der Waals surface area contributed by atoms with Crippen LogP contribution in [0.2, 0.25) is 0 Å². The van der Waals surface area contributed by atoms with E-state index in [0.717, 1.165) is 82.4 Å². The first-order valence-electron chi connectivity index (χ1n) is 19.2. The molecule has 57 heavy (non-hydrogen) atoms. The molecule has 2 aromatic heterocycles. The molecule has 0 saturated carbocycles. The van der Waals surface area contributed by atoms with Crippen molar-refractivity contribution >= 4 is 43.5 Å². The fraction of sp³-hybridized carbons (Fsp3) is 0. The van der Waals surface area contributed by atoms with E-state index in [-0.39, 0.29) is 0 Å². The van der Waals surface area contributed by atoms with E-state index >= 15 is 0 Å². The molecule has 0 aliphatic carbocycles. The van der Waals surface area contributed by atoms with Crippen molar-refractivity contribution in [2.24, 2.45) is 0 Å². The largest absolute Gasteiger partial charge is 0.455 e. The highest BCUT2D eigenvalue weighted by Gasteiger charge is 2.21. The van der Waals surface area contributed by atoms with Crippen LogP contribution in [0.1, 0.15) is 0 Å². The smallest absolute Gasteiger partial charge is 0.167 e. The van der Waals surface area contributed by atoms with Crippen LogP contribution < -0.4 is 0 Å². The van der Waals surface area contributed by atoms with Crippen molar-refractivity contribution in [3.05, 3.63) is 200 Å². The van der Waals surface area contributed by atoms with Gasteiger partial charge in [-0.05, 0) is 73.1 Å². The van der Waals surface area contributed by atoms with Gasteiger partial charge in [-0.2, -0.15) is 0 Å². The van der Waals surface area contributed by atoms with E-state index in [1.807, 2.05) is 30.3 Å². The Hall–Kier alpha value is -7.69. The third kappa shape index (κ3) is 5.74. The molecule has 2 heterocycles. The predicted molar refractivity (Wildman–Crippen MR) is 235 cm³/mol. The predicted octanol–water partition coefficient (Wildman–Crippen LogP) is 14.1. The molecular formula is C53H33N3O. The number of hydrogen-bond donors (Lipinski definition) is 0. The van der Waals surface area contributed by atoms with Gasteiger partial charge in [0.25, 0.3) is 0 Å². The van der Waals surface area contributed by atoms with Crippen molar-refractivity contribution in [3.8, 4) is 67.5 Å². The van der Waals surface area contributed by atoms with E-state index in [4.69, 9.17) is 19.4 Å². The van der Waals surface area contributed by atoms with Crippen molar-refractivity contribution in [3.63, 3.8) is 0 Å². The Kier molecular flexibility index (Phi) is 7.78. The van der Waals surface area contributed by atoms with Gasteiger partial charge < -0.3 is 4.42 Å². The first-order chi connectivity index (χ1) is 28.2. The molecule has 0 radical (unpaired) electrons. The Morgan fingerprint density at radius 1 is 0.298 bits per heavy atom. The topological polar surface area (TPSA) is 51.8 Å². The number of hydrogen-bond acceptors (Lipinski definition) is 4. The normalized spacial score (nSPS) is 11.5. The van der Waals surface area contributed by atoms with Gasteiger partial charge in [-0.3, -0.25) is 0 Å². The van der Waals surface area contributed by atoms with Crippen molar-refractivity contribution < 1.29 is 4.42 Å². The van der Waals surface area contributed by atoms with Gasteiger partial charge in [-0.25, -0.2) is 15.0 Å². The summed E-state index contributed by atoms with van der Waals surface area (Å²) in [5.74, 6) is 1.75. The average Bonchev–Trinajstić information content (AvgIpc) is 3.68. The summed E-state index contributed by atoms with van der Waals surface area (Å²) in [6.45, 7) is 0. The fourth-order valence-electron chi connectivity index (χ4n) is 8.16. The molecule has 0 saturated heterocycles. The van der Waals surface area contributed by atoms with Crippen LogP contribution in [0.15, 0.2) is 205 Å².